The molecule has 2 aromatic carbocycles. The maximum Gasteiger partial charge on any atom is 0.125 e. The van der Waals surface area contributed by atoms with Crippen LogP contribution in [0.3, 0.4) is 0 Å². The molecule has 0 bridgehead atoms. The molecular formula is C24H26Cl2N2S. The van der Waals surface area contributed by atoms with Gasteiger partial charge in [-0.1, -0.05) is 92.5 Å². The van der Waals surface area contributed by atoms with Crippen molar-refractivity contribution in [1.29, 1.82) is 0 Å². The Bertz CT molecular complexity index is 911. The van der Waals surface area contributed by atoms with Gasteiger partial charge in [-0.2, -0.15) is 0 Å². The average Bonchev–Trinajstić information content (AvgIpc) is 3.23. The van der Waals surface area contributed by atoms with Crippen molar-refractivity contribution in [2.24, 2.45) is 0 Å². The zero-order valence-electron chi connectivity index (χ0n) is 16.9. The lowest BCUT2D eigenvalue weighted by atomic mass is 9.87. The third-order valence-electron chi connectivity index (χ3n) is 4.72. The number of aromatic nitrogens is 2. The lowest BCUT2D eigenvalue weighted by molar-refractivity contribution is 0.590. The van der Waals surface area contributed by atoms with Gasteiger partial charge in [-0.25, -0.2) is 4.98 Å². The molecule has 0 amide bonds. The summed E-state index contributed by atoms with van der Waals surface area (Å²) in [6.45, 7) is 6.69. The van der Waals surface area contributed by atoms with E-state index in [1.807, 2.05) is 35.0 Å². The van der Waals surface area contributed by atoms with Crippen LogP contribution in [0.25, 0.3) is 6.08 Å². The van der Waals surface area contributed by atoms with Crippen LogP contribution in [0.5, 0.6) is 0 Å². The van der Waals surface area contributed by atoms with E-state index in [2.05, 4.69) is 62.2 Å². The maximum absolute atomic E-state index is 6.79. The zero-order valence-corrected chi connectivity index (χ0v) is 19.3. The fraction of sp³-hybridized carbons (Fsp3) is 0.292. The van der Waals surface area contributed by atoms with Crippen molar-refractivity contribution in [3.8, 4) is 0 Å². The molecule has 1 aromatic heterocycles. The normalized spacial score (nSPS) is 14.2. The van der Waals surface area contributed by atoms with Gasteiger partial charge in [0.2, 0.25) is 0 Å². The number of nitrogens with zero attached hydrogens (tertiary/aromatic N) is 2. The summed E-state index contributed by atoms with van der Waals surface area (Å²) in [5.74, 6) is 0.853. The van der Waals surface area contributed by atoms with Crippen LogP contribution in [0, 0.1) is 0 Å². The topological polar surface area (TPSA) is 17.8 Å². The Morgan fingerprint density at radius 2 is 1.76 bits per heavy atom. The molecule has 0 spiro atoms. The lowest BCUT2D eigenvalue weighted by Crippen LogP contribution is -2.10. The summed E-state index contributed by atoms with van der Waals surface area (Å²) in [4.78, 5) is 4.13. The molecule has 2 atom stereocenters. The summed E-state index contributed by atoms with van der Waals surface area (Å²) in [5.41, 5.74) is 3.64. The largest absolute Gasteiger partial charge is 0.319 e. The van der Waals surface area contributed by atoms with Crippen LogP contribution in [0.1, 0.15) is 48.2 Å². The first-order valence-electron chi connectivity index (χ1n) is 9.60. The van der Waals surface area contributed by atoms with Crippen molar-refractivity contribution in [3.05, 3.63) is 95.0 Å². The molecule has 0 saturated heterocycles. The highest BCUT2D eigenvalue weighted by atomic mass is 35.5. The Hall–Kier alpha value is -1.68. The van der Waals surface area contributed by atoms with E-state index in [9.17, 15) is 0 Å². The van der Waals surface area contributed by atoms with E-state index in [-0.39, 0.29) is 16.2 Å². The van der Waals surface area contributed by atoms with E-state index in [0.717, 1.165) is 16.3 Å². The molecule has 0 radical (unpaired) electrons. The average molecular weight is 445 g/mol. The first-order chi connectivity index (χ1) is 13.8. The Morgan fingerprint density at radius 1 is 1.07 bits per heavy atom. The minimum absolute atomic E-state index is 0.0797. The van der Waals surface area contributed by atoms with Crippen LogP contribution in [-0.4, -0.2) is 15.3 Å². The molecule has 0 N–H and O–H groups in total. The first-order valence-corrected chi connectivity index (χ1v) is 11.5. The maximum atomic E-state index is 6.79. The zero-order chi connectivity index (χ0) is 20.9. The highest BCUT2D eigenvalue weighted by Crippen LogP contribution is 2.41. The second kappa shape index (κ2) is 9.88. The number of rotatable bonds is 7. The summed E-state index contributed by atoms with van der Waals surface area (Å²) >= 11 is 14.7. The van der Waals surface area contributed by atoms with Crippen LogP contribution < -0.4 is 0 Å². The molecule has 0 aliphatic carbocycles. The van der Waals surface area contributed by atoms with Gasteiger partial charge in [0.1, 0.15) is 5.50 Å². The lowest BCUT2D eigenvalue weighted by Gasteiger charge is -2.23. The molecule has 3 aromatic rings. The molecule has 2 unspecified atom stereocenters. The predicted molar refractivity (Wildman–Crippen MR) is 128 cm³/mol. The summed E-state index contributed by atoms with van der Waals surface area (Å²) in [7, 11) is 0. The Morgan fingerprint density at radius 3 is 2.34 bits per heavy atom. The number of halogens is 2. The van der Waals surface area contributed by atoms with Crippen LogP contribution >= 0.6 is 35.0 Å². The van der Waals surface area contributed by atoms with Crippen LogP contribution in [-0.2, 0) is 5.41 Å². The fourth-order valence-electron chi connectivity index (χ4n) is 3.00. The molecular weight excluding hydrogens is 419 g/mol. The second-order valence-corrected chi connectivity index (χ2v) is 10.0. The summed E-state index contributed by atoms with van der Waals surface area (Å²) in [6.07, 6.45) is 9.76. The number of hydrogen-bond acceptors (Lipinski definition) is 2. The monoisotopic (exact) mass is 444 g/mol. The van der Waals surface area contributed by atoms with Gasteiger partial charge in [-0.3, -0.25) is 0 Å². The van der Waals surface area contributed by atoms with E-state index < -0.39 is 0 Å². The molecule has 5 heteroatoms. The Kier molecular flexibility index (Phi) is 7.50. The summed E-state index contributed by atoms with van der Waals surface area (Å²) in [6, 6.07) is 16.7. The Labute approximate surface area is 188 Å². The van der Waals surface area contributed by atoms with Gasteiger partial charge < -0.3 is 4.57 Å². The third-order valence-corrected chi connectivity index (χ3v) is 6.87. The van der Waals surface area contributed by atoms with Crippen molar-refractivity contribution in [1.82, 2.24) is 9.55 Å². The Balaban J connectivity index is 1.68. The van der Waals surface area contributed by atoms with Gasteiger partial charge in [-0.15, -0.1) is 11.8 Å². The van der Waals surface area contributed by atoms with Gasteiger partial charge in [-0.05, 0) is 34.2 Å². The van der Waals surface area contributed by atoms with Crippen molar-refractivity contribution in [2.45, 2.75) is 36.9 Å². The molecule has 152 valence electrons. The first kappa shape index (κ1) is 22.0. The highest BCUT2D eigenvalue weighted by Gasteiger charge is 2.22. The number of imidazole rings is 1. The number of alkyl halides is 1. The van der Waals surface area contributed by atoms with Gasteiger partial charge >= 0.3 is 0 Å². The quantitative estimate of drug-likeness (QED) is 0.346. The molecule has 0 aliphatic heterocycles. The molecule has 0 saturated carbocycles. The smallest absolute Gasteiger partial charge is 0.125 e. The SMILES string of the molecule is CC(C)(C)c1ccc(C=CCSC(c2ccc(Cl)cc2)C(Cl)n2ccnc2)cc1. The van der Waals surface area contributed by atoms with Gasteiger partial charge in [0.15, 0.2) is 0 Å². The molecule has 2 nitrogen and oxygen atoms in total. The minimum Gasteiger partial charge on any atom is -0.319 e. The van der Waals surface area contributed by atoms with Gasteiger partial charge in [0.25, 0.3) is 0 Å². The van der Waals surface area contributed by atoms with E-state index in [4.69, 9.17) is 23.2 Å². The molecule has 3 rings (SSSR count). The summed E-state index contributed by atoms with van der Waals surface area (Å²) in [5, 5.41) is 0.806. The standard InChI is InChI=1S/C24H26Cl2N2S/c1-24(2,3)20-10-6-18(7-11-20)5-4-16-29-22(19-8-12-21(25)13-9-19)23(26)28-15-14-27-17-28/h4-15,17,22-23H,16H2,1-3H3. The summed E-state index contributed by atoms with van der Waals surface area (Å²) < 4.78 is 1.93. The van der Waals surface area contributed by atoms with Crippen molar-refractivity contribution in [2.75, 3.05) is 5.75 Å². The third kappa shape index (κ3) is 6.15. The highest BCUT2D eigenvalue weighted by molar-refractivity contribution is 7.99. The van der Waals surface area contributed by atoms with Crippen LogP contribution in [0.2, 0.25) is 5.02 Å². The second-order valence-electron chi connectivity index (χ2n) is 7.96. The van der Waals surface area contributed by atoms with Crippen LogP contribution in [0.15, 0.2) is 73.3 Å². The van der Waals surface area contributed by atoms with Gasteiger partial charge in [0, 0.05) is 23.2 Å². The predicted octanol–water partition coefficient (Wildman–Crippen LogP) is 7.76. The fourth-order valence-corrected chi connectivity index (χ4v) is 4.66. The number of hydrogen-bond donors (Lipinski definition) is 0. The van der Waals surface area contributed by atoms with Gasteiger partial charge in [0.05, 0.1) is 11.6 Å². The van der Waals surface area contributed by atoms with E-state index in [0.29, 0.717) is 0 Å². The molecule has 1 heterocycles. The van der Waals surface area contributed by atoms with Crippen molar-refractivity contribution >= 4 is 41.0 Å². The molecule has 29 heavy (non-hydrogen) atoms. The number of thioether (sulfide) groups is 1. The molecule has 0 fully saturated rings. The number of benzene rings is 2. The van der Waals surface area contributed by atoms with Crippen molar-refractivity contribution < 1.29 is 0 Å². The van der Waals surface area contributed by atoms with Crippen molar-refractivity contribution in [3.63, 3.8) is 0 Å². The van der Waals surface area contributed by atoms with E-state index >= 15 is 0 Å². The van der Waals surface area contributed by atoms with Crippen LogP contribution in [0.4, 0.5) is 0 Å². The minimum atomic E-state index is -0.233. The molecule has 0 aliphatic rings. The van der Waals surface area contributed by atoms with E-state index in [1.54, 1.807) is 24.3 Å². The van der Waals surface area contributed by atoms with E-state index in [1.165, 1.54) is 11.1 Å².